The highest BCUT2D eigenvalue weighted by Gasteiger charge is 2.30. The van der Waals surface area contributed by atoms with Gasteiger partial charge in [0.2, 0.25) is 0 Å². The molecule has 1 saturated heterocycles. The number of aromatic nitrogens is 3. The molecule has 1 fully saturated rings. The van der Waals surface area contributed by atoms with E-state index in [4.69, 9.17) is 4.74 Å². The fourth-order valence-electron chi connectivity index (χ4n) is 3.27. The smallest absolute Gasteiger partial charge is 0.410 e. The maximum Gasteiger partial charge on any atom is 0.410 e. The summed E-state index contributed by atoms with van der Waals surface area (Å²) < 4.78 is 46.6. The number of ether oxygens (including phenoxy) is 1. The third kappa shape index (κ3) is 3.28. The van der Waals surface area contributed by atoms with E-state index in [1.165, 1.54) is 12.3 Å². The Morgan fingerprint density at radius 2 is 2.07 bits per heavy atom. The lowest BCUT2D eigenvalue weighted by Gasteiger charge is -2.11. The summed E-state index contributed by atoms with van der Waals surface area (Å²) >= 11 is 0. The van der Waals surface area contributed by atoms with Crippen LogP contribution in [0.4, 0.5) is 18.0 Å². The van der Waals surface area contributed by atoms with Gasteiger partial charge in [-0.25, -0.2) is 18.0 Å². The minimum Gasteiger partial charge on any atom is -0.442 e. The van der Waals surface area contributed by atoms with E-state index in [1.807, 2.05) is 6.92 Å². The van der Waals surface area contributed by atoms with E-state index in [9.17, 15) is 18.0 Å². The summed E-state index contributed by atoms with van der Waals surface area (Å²) in [5.74, 6) is -0.943. The van der Waals surface area contributed by atoms with E-state index in [2.05, 4.69) is 10.1 Å². The first-order valence-electron chi connectivity index (χ1n) is 8.81. The molecular weight excluding hydrogens is 373 g/mol. The molecule has 1 atom stereocenters. The quantitative estimate of drug-likeness (QED) is 0.660. The molecule has 9 heteroatoms. The zero-order chi connectivity index (χ0) is 19.8. The molecular formula is C19H17F3N4O2. The Morgan fingerprint density at radius 1 is 1.25 bits per heavy atom. The lowest BCUT2D eigenvalue weighted by atomic mass is 10.0. The molecule has 0 aliphatic carbocycles. The molecule has 3 aromatic rings. The lowest BCUT2D eigenvalue weighted by Crippen LogP contribution is -2.26. The van der Waals surface area contributed by atoms with Gasteiger partial charge < -0.3 is 9.64 Å². The van der Waals surface area contributed by atoms with Crippen molar-refractivity contribution in [2.75, 3.05) is 13.1 Å². The van der Waals surface area contributed by atoms with Crippen molar-refractivity contribution in [3.63, 3.8) is 0 Å². The van der Waals surface area contributed by atoms with Crippen LogP contribution < -0.4 is 0 Å². The van der Waals surface area contributed by atoms with Gasteiger partial charge in [0.25, 0.3) is 6.43 Å². The van der Waals surface area contributed by atoms with Crippen molar-refractivity contribution in [1.82, 2.24) is 19.7 Å². The zero-order valence-corrected chi connectivity index (χ0v) is 15.0. The van der Waals surface area contributed by atoms with Crippen molar-refractivity contribution >= 4 is 17.1 Å². The van der Waals surface area contributed by atoms with Crippen LogP contribution in [0.3, 0.4) is 0 Å². The number of alkyl halides is 2. The summed E-state index contributed by atoms with van der Waals surface area (Å²) in [6.45, 7) is 3.26. The molecule has 0 N–H and O–H groups in total. The molecule has 6 nitrogen and oxygen atoms in total. The van der Waals surface area contributed by atoms with E-state index in [1.54, 1.807) is 21.8 Å². The largest absolute Gasteiger partial charge is 0.442 e. The first-order valence-corrected chi connectivity index (χ1v) is 8.81. The van der Waals surface area contributed by atoms with Crippen LogP contribution in [-0.2, 0) is 11.3 Å². The standard InChI is InChI=1S/C19H17F3N4O2/c1-2-25-9-13(28-19(25)27)10-26-17-6-12(7-23-16(17)8-24-26)11-3-4-15(20)14(5-11)18(21)22/h3-8,13,18H,2,9-10H2,1H3/t13-/m1/s1. The second-order valence-corrected chi connectivity index (χ2v) is 6.54. The first-order chi connectivity index (χ1) is 13.5. The molecule has 0 unspecified atom stereocenters. The number of benzene rings is 1. The van der Waals surface area contributed by atoms with Crippen LogP contribution in [0.25, 0.3) is 22.2 Å². The van der Waals surface area contributed by atoms with Crippen LogP contribution in [0.5, 0.6) is 0 Å². The molecule has 28 heavy (non-hydrogen) atoms. The van der Waals surface area contributed by atoms with Gasteiger partial charge in [-0.05, 0) is 30.7 Å². The Balaban J connectivity index is 1.65. The molecule has 0 saturated carbocycles. The Hall–Kier alpha value is -3.10. The normalized spacial score (nSPS) is 17.0. The molecule has 1 aromatic carbocycles. The highest BCUT2D eigenvalue weighted by molar-refractivity contribution is 5.80. The number of rotatable bonds is 5. The fourth-order valence-corrected chi connectivity index (χ4v) is 3.27. The monoisotopic (exact) mass is 390 g/mol. The van der Waals surface area contributed by atoms with Gasteiger partial charge in [0.05, 0.1) is 30.4 Å². The first kappa shape index (κ1) is 18.3. The minimum atomic E-state index is -2.90. The molecule has 1 aliphatic rings. The van der Waals surface area contributed by atoms with Crippen molar-refractivity contribution in [2.24, 2.45) is 0 Å². The zero-order valence-electron chi connectivity index (χ0n) is 15.0. The van der Waals surface area contributed by atoms with Crippen LogP contribution in [0, 0.1) is 5.82 Å². The van der Waals surface area contributed by atoms with Crippen LogP contribution in [0.2, 0.25) is 0 Å². The number of hydrogen-bond donors (Lipinski definition) is 0. The van der Waals surface area contributed by atoms with E-state index in [0.29, 0.717) is 41.8 Å². The minimum absolute atomic E-state index is 0.338. The van der Waals surface area contributed by atoms with Crippen molar-refractivity contribution in [1.29, 1.82) is 0 Å². The third-order valence-corrected chi connectivity index (χ3v) is 4.77. The lowest BCUT2D eigenvalue weighted by molar-refractivity contribution is 0.124. The Morgan fingerprint density at radius 3 is 2.79 bits per heavy atom. The molecule has 4 rings (SSSR count). The van der Waals surface area contributed by atoms with Gasteiger partial charge in [0.1, 0.15) is 17.4 Å². The summed E-state index contributed by atoms with van der Waals surface area (Å²) in [4.78, 5) is 17.6. The predicted octanol–water partition coefficient (Wildman–Crippen LogP) is 4.02. The van der Waals surface area contributed by atoms with Crippen LogP contribution in [0.1, 0.15) is 18.9 Å². The van der Waals surface area contributed by atoms with Crippen molar-refractivity contribution in [3.05, 3.63) is 48.0 Å². The van der Waals surface area contributed by atoms with E-state index < -0.39 is 17.8 Å². The number of carbonyl (C=O) groups is 1. The van der Waals surface area contributed by atoms with Crippen LogP contribution in [-0.4, -0.2) is 45.0 Å². The average molecular weight is 390 g/mol. The number of likely N-dealkylation sites (N-methyl/N-ethyl adjacent to an activating group) is 1. The van der Waals surface area contributed by atoms with Gasteiger partial charge in [0, 0.05) is 18.3 Å². The second kappa shape index (κ2) is 7.14. The summed E-state index contributed by atoms with van der Waals surface area (Å²) in [6, 6.07) is 5.34. The third-order valence-electron chi connectivity index (χ3n) is 4.77. The molecule has 2 aromatic heterocycles. The number of nitrogens with zero attached hydrogens (tertiary/aromatic N) is 4. The maximum absolute atomic E-state index is 13.6. The van der Waals surface area contributed by atoms with Gasteiger partial charge in [-0.1, -0.05) is 6.07 Å². The molecule has 0 spiro atoms. The summed E-state index contributed by atoms with van der Waals surface area (Å²) in [7, 11) is 0. The van der Waals surface area contributed by atoms with Gasteiger partial charge in [0.15, 0.2) is 0 Å². The number of carbonyl (C=O) groups excluding carboxylic acids is 1. The average Bonchev–Trinajstić information content (AvgIpc) is 3.24. The number of pyridine rings is 1. The summed E-state index contributed by atoms with van der Waals surface area (Å²) in [6.07, 6.45) is -0.474. The van der Waals surface area contributed by atoms with Crippen molar-refractivity contribution < 1.29 is 22.7 Å². The van der Waals surface area contributed by atoms with Crippen molar-refractivity contribution in [2.45, 2.75) is 26.0 Å². The topological polar surface area (TPSA) is 60.3 Å². The molecule has 3 heterocycles. The van der Waals surface area contributed by atoms with Gasteiger partial charge in [-0.15, -0.1) is 0 Å². The Labute approximate surface area is 158 Å². The Bertz CT molecular complexity index is 1040. The maximum atomic E-state index is 13.6. The molecule has 0 radical (unpaired) electrons. The van der Waals surface area contributed by atoms with Crippen LogP contribution in [0.15, 0.2) is 36.7 Å². The SMILES string of the molecule is CCN1C[C@H](Cn2ncc3ncc(-c4ccc(F)c(C(F)F)c4)cc32)OC1=O. The van der Waals surface area contributed by atoms with Crippen molar-refractivity contribution in [3.8, 4) is 11.1 Å². The van der Waals surface area contributed by atoms with Gasteiger partial charge in [-0.3, -0.25) is 9.67 Å². The summed E-state index contributed by atoms with van der Waals surface area (Å²) in [5.41, 5.74) is 1.64. The fraction of sp³-hybridized carbons (Fsp3) is 0.316. The van der Waals surface area contributed by atoms with Gasteiger partial charge in [-0.2, -0.15) is 5.10 Å². The number of fused-ring (bicyclic) bond motifs is 1. The molecule has 0 bridgehead atoms. The Kier molecular flexibility index (Phi) is 4.66. The number of cyclic esters (lactones) is 1. The predicted molar refractivity (Wildman–Crippen MR) is 95.4 cm³/mol. The molecule has 1 amide bonds. The highest BCUT2D eigenvalue weighted by Crippen LogP contribution is 2.29. The summed E-state index contributed by atoms with van der Waals surface area (Å²) in [5, 5.41) is 4.29. The molecule has 1 aliphatic heterocycles. The second-order valence-electron chi connectivity index (χ2n) is 6.54. The molecule has 146 valence electrons. The van der Waals surface area contributed by atoms with E-state index in [0.717, 1.165) is 12.1 Å². The van der Waals surface area contributed by atoms with Gasteiger partial charge >= 0.3 is 6.09 Å². The number of amides is 1. The highest BCUT2D eigenvalue weighted by atomic mass is 19.3. The van der Waals surface area contributed by atoms with E-state index >= 15 is 0 Å². The number of halogens is 3. The van der Waals surface area contributed by atoms with E-state index in [-0.39, 0.29) is 12.2 Å². The number of hydrogen-bond acceptors (Lipinski definition) is 4. The van der Waals surface area contributed by atoms with Crippen LogP contribution >= 0.6 is 0 Å².